The largest absolute Gasteiger partial charge is 0.504 e. The number of methoxy groups -OCH3 is 2. The van der Waals surface area contributed by atoms with Crippen molar-refractivity contribution in [3.63, 3.8) is 0 Å². The molecule has 30 heavy (non-hydrogen) atoms. The molecule has 0 amide bonds. The first-order chi connectivity index (χ1) is 14.3. The van der Waals surface area contributed by atoms with Crippen LogP contribution in [0.4, 0.5) is 0 Å². The molecule has 0 aliphatic rings. The lowest BCUT2D eigenvalue weighted by Crippen LogP contribution is -1.98. The Labute approximate surface area is 182 Å². The van der Waals surface area contributed by atoms with Crippen LogP contribution in [0.3, 0.4) is 0 Å². The molecule has 0 aliphatic carbocycles. The lowest BCUT2D eigenvalue weighted by molar-refractivity contribution is 0.314. The summed E-state index contributed by atoms with van der Waals surface area (Å²) < 4.78 is 10.4. The number of hydrogen-bond acceptors (Lipinski definition) is 4. The molecule has 168 valence electrons. The molecular weight excluding hydrogens is 376 g/mol. The summed E-state index contributed by atoms with van der Waals surface area (Å²) in [6, 6.07) is 0. The van der Waals surface area contributed by atoms with Crippen LogP contribution in [-0.4, -0.2) is 24.4 Å². The Morgan fingerprint density at radius 1 is 0.767 bits per heavy atom. The summed E-state index contributed by atoms with van der Waals surface area (Å²) in [6.07, 6.45) is 13.9. The average Bonchev–Trinajstić information content (AvgIpc) is 2.70. The molecule has 0 aromatic heterocycles. The van der Waals surface area contributed by atoms with Crippen molar-refractivity contribution >= 4 is 0 Å². The molecule has 0 atom stereocenters. The van der Waals surface area contributed by atoms with Crippen LogP contribution in [0.15, 0.2) is 34.9 Å². The minimum atomic E-state index is 0.00924. The number of hydrogen-bond donors (Lipinski definition) is 2. The van der Waals surface area contributed by atoms with E-state index in [9.17, 15) is 10.2 Å². The first-order valence-corrected chi connectivity index (χ1v) is 10.9. The maximum Gasteiger partial charge on any atom is 0.207 e. The van der Waals surface area contributed by atoms with Crippen LogP contribution < -0.4 is 9.47 Å². The fourth-order valence-corrected chi connectivity index (χ4v) is 3.54. The summed E-state index contributed by atoms with van der Waals surface area (Å²) >= 11 is 0. The van der Waals surface area contributed by atoms with Gasteiger partial charge in [0.15, 0.2) is 11.5 Å². The third-order valence-corrected chi connectivity index (χ3v) is 5.50. The highest BCUT2D eigenvalue weighted by molar-refractivity contribution is 5.66. The molecule has 0 fully saturated rings. The Morgan fingerprint density at radius 2 is 1.23 bits per heavy atom. The number of allylic oxidation sites excluding steroid dienone is 6. The Balaban J connectivity index is 2.70. The van der Waals surface area contributed by atoms with Gasteiger partial charge in [-0.2, -0.15) is 0 Å². The molecule has 2 N–H and O–H groups in total. The topological polar surface area (TPSA) is 58.9 Å². The SMILES string of the molecule is CCC/C(C)=C/CC/C(C)=C/CC/C(C)=C/Cc1c(C)c(O)c(OC)c(OC)c1O. The van der Waals surface area contributed by atoms with Crippen LogP contribution in [0.1, 0.15) is 77.3 Å². The first-order valence-electron chi connectivity index (χ1n) is 10.9. The molecule has 0 aliphatic heterocycles. The van der Waals surface area contributed by atoms with Gasteiger partial charge in [-0.3, -0.25) is 0 Å². The van der Waals surface area contributed by atoms with Gasteiger partial charge in [-0.1, -0.05) is 48.3 Å². The number of phenols is 2. The molecule has 4 heteroatoms. The standard InChI is InChI=1S/C26H40O4/c1-8-11-18(2)12-9-13-19(3)14-10-15-20(4)16-17-22-21(5)23(27)25(29-6)26(30-7)24(22)28/h12,14,16,27-28H,8-11,13,15,17H2,1-7H3/b18-12+,19-14+,20-16+. The molecule has 1 aromatic rings. The predicted molar refractivity (Wildman–Crippen MR) is 126 cm³/mol. The van der Waals surface area contributed by atoms with Crippen molar-refractivity contribution in [3.05, 3.63) is 46.1 Å². The zero-order valence-electron chi connectivity index (χ0n) is 19.9. The van der Waals surface area contributed by atoms with Crippen molar-refractivity contribution in [1.29, 1.82) is 0 Å². The molecule has 0 saturated carbocycles. The second kappa shape index (κ2) is 13.0. The summed E-state index contributed by atoms with van der Waals surface area (Å²) in [7, 11) is 2.89. The molecule has 0 bridgehead atoms. The van der Waals surface area contributed by atoms with Crippen molar-refractivity contribution < 1.29 is 19.7 Å². The van der Waals surface area contributed by atoms with Crippen molar-refractivity contribution in [3.8, 4) is 23.0 Å². The Hall–Kier alpha value is -2.36. The normalized spacial score (nSPS) is 13.0. The van der Waals surface area contributed by atoms with E-state index in [1.807, 2.05) is 0 Å². The van der Waals surface area contributed by atoms with E-state index in [4.69, 9.17) is 9.47 Å². The van der Waals surface area contributed by atoms with E-state index in [1.165, 1.54) is 43.8 Å². The smallest absolute Gasteiger partial charge is 0.207 e. The third kappa shape index (κ3) is 7.47. The zero-order valence-corrected chi connectivity index (χ0v) is 19.9. The summed E-state index contributed by atoms with van der Waals surface area (Å²) in [4.78, 5) is 0. The van der Waals surface area contributed by atoms with Gasteiger partial charge in [0.1, 0.15) is 0 Å². The molecule has 1 rings (SSSR count). The molecular formula is C26H40O4. The van der Waals surface area contributed by atoms with Gasteiger partial charge in [-0.25, -0.2) is 0 Å². The molecule has 0 heterocycles. The summed E-state index contributed by atoms with van der Waals surface area (Å²) in [6.45, 7) is 10.5. The number of rotatable bonds is 12. The van der Waals surface area contributed by atoms with Gasteiger partial charge >= 0.3 is 0 Å². The van der Waals surface area contributed by atoms with E-state index < -0.39 is 0 Å². The molecule has 4 nitrogen and oxygen atoms in total. The van der Waals surface area contributed by atoms with E-state index in [-0.39, 0.29) is 23.0 Å². The lowest BCUT2D eigenvalue weighted by Gasteiger charge is -2.17. The van der Waals surface area contributed by atoms with Gasteiger partial charge in [-0.15, -0.1) is 0 Å². The van der Waals surface area contributed by atoms with E-state index in [2.05, 4.69) is 45.9 Å². The fourth-order valence-electron chi connectivity index (χ4n) is 3.54. The quantitative estimate of drug-likeness (QED) is 0.280. The molecule has 0 saturated heterocycles. The Morgan fingerprint density at radius 3 is 1.73 bits per heavy atom. The predicted octanol–water partition coefficient (Wildman–Crippen LogP) is 7.17. The Kier molecular flexibility index (Phi) is 11.2. The lowest BCUT2D eigenvalue weighted by atomic mass is 9.99. The van der Waals surface area contributed by atoms with E-state index >= 15 is 0 Å². The van der Waals surface area contributed by atoms with E-state index in [1.54, 1.807) is 6.92 Å². The van der Waals surface area contributed by atoms with Crippen LogP contribution in [0.5, 0.6) is 23.0 Å². The Bertz CT molecular complexity index is 785. The summed E-state index contributed by atoms with van der Waals surface area (Å²) in [5.74, 6) is 0.367. The molecule has 1 aromatic carbocycles. The maximum atomic E-state index is 10.6. The average molecular weight is 417 g/mol. The van der Waals surface area contributed by atoms with Gasteiger partial charge < -0.3 is 19.7 Å². The van der Waals surface area contributed by atoms with Gasteiger partial charge in [0.05, 0.1) is 14.2 Å². The number of aromatic hydroxyl groups is 2. The zero-order chi connectivity index (χ0) is 22.7. The summed E-state index contributed by atoms with van der Waals surface area (Å²) in [5.41, 5.74) is 5.44. The second-order valence-electron chi connectivity index (χ2n) is 8.05. The second-order valence-corrected chi connectivity index (χ2v) is 8.05. The number of ether oxygens (including phenoxy) is 2. The van der Waals surface area contributed by atoms with Gasteiger partial charge in [0.25, 0.3) is 0 Å². The number of phenolic OH excluding ortho intramolecular Hbond substituents is 2. The monoisotopic (exact) mass is 416 g/mol. The minimum absolute atomic E-state index is 0.00924. The first kappa shape index (κ1) is 25.7. The van der Waals surface area contributed by atoms with Crippen LogP contribution in [-0.2, 0) is 6.42 Å². The van der Waals surface area contributed by atoms with Gasteiger partial charge in [0.2, 0.25) is 11.5 Å². The van der Waals surface area contributed by atoms with E-state index in [0.717, 1.165) is 25.7 Å². The van der Waals surface area contributed by atoms with Crippen LogP contribution >= 0.6 is 0 Å². The highest BCUT2D eigenvalue weighted by Crippen LogP contribution is 2.48. The molecule has 0 spiro atoms. The molecule has 0 radical (unpaired) electrons. The third-order valence-electron chi connectivity index (χ3n) is 5.50. The number of benzene rings is 1. The molecule has 0 unspecified atom stereocenters. The van der Waals surface area contributed by atoms with E-state index in [0.29, 0.717) is 17.5 Å². The van der Waals surface area contributed by atoms with Crippen molar-refractivity contribution in [2.75, 3.05) is 14.2 Å². The van der Waals surface area contributed by atoms with Crippen molar-refractivity contribution in [2.45, 2.75) is 79.6 Å². The summed E-state index contributed by atoms with van der Waals surface area (Å²) in [5, 5.41) is 20.9. The van der Waals surface area contributed by atoms with Crippen LogP contribution in [0.2, 0.25) is 0 Å². The maximum absolute atomic E-state index is 10.6. The highest BCUT2D eigenvalue weighted by Gasteiger charge is 2.22. The van der Waals surface area contributed by atoms with Gasteiger partial charge in [0, 0.05) is 11.1 Å². The highest BCUT2D eigenvalue weighted by atomic mass is 16.5. The van der Waals surface area contributed by atoms with Gasteiger partial charge in [-0.05, 0) is 66.2 Å². The van der Waals surface area contributed by atoms with Crippen LogP contribution in [0, 0.1) is 6.92 Å². The van der Waals surface area contributed by atoms with Crippen molar-refractivity contribution in [2.24, 2.45) is 0 Å². The van der Waals surface area contributed by atoms with Crippen molar-refractivity contribution in [1.82, 2.24) is 0 Å². The van der Waals surface area contributed by atoms with Crippen LogP contribution in [0.25, 0.3) is 0 Å². The minimum Gasteiger partial charge on any atom is -0.504 e. The fraction of sp³-hybridized carbons (Fsp3) is 0.538.